The van der Waals surface area contributed by atoms with Crippen LogP contribution >= 0.6 is 12.2 Å². The average molecular weight is 217 g/mol. The summed E-state index contributed by atoms with van der Waals surface area (Å²) in [4.78, 5) is 2.07. The van der Waals surface area contributed by atoms with Crippen molar-refractivity contribution in [1.82, 2.24) is 25.1 Å². The Balaban J connectivity index is 2.11. The van der Waals surface area contributed by atoms with Gasteiger partial charge in [0.1, 0.15) is 0 Å². The number of ether oxygens (including phenoxy) is 1. The highest BCUT2D eigenvalue weighted by Gasteiger charge is 1.95. The van der Waals surface area contributed by atoms with Gasteiger partial charge in [-0.25, -0.2) is 4.68 Å². The highest BCUT2D eigenvalue weighted by Crippen LogP contribution is 1.85. The lowest BCUT2D eigenvalue weighted by atomic mass is 10.6. The molecule has 0 saturated carbocycles. The first-order chi connectivity index (χ1) is 6.70. The molecule has 0 aliphatic carbocycles. The van der Waals surface area contributed by atoms with Gasteiger partial charge in [0.2, 0.25) is 4.77 Å². The van der Waals surface area contributed by atoms with E-state index < -0.39 is 0 Å². The number of tetrazole rings is 1. The monoisotopic (exact) mass is 217 g/mol. The SMILES string of the molecule is CN(C)CCOCCn1[nH]nnc1=S. The lowest BCUT2D eigenvalue weighted by Crippen LogP contribution is -2.19. The van der Waals surface area contributed by atoms with Crippen molar-refractivity contribution in [3.8, 4) is 0 Å². The van der Waals surface area contributed by atoms with Crippen LogP contribution in [0.3, 0.4) is 0 Å². The Morgan fingerprint density at radius 1 is 1.50 bits per heavy atom. The van der Waals surface area contributed by atoms with E-state index in [9.17, 15) is 0 Å². The summed E-state index contributed by atoms with van der Waals surface area (Å²) in [5.41, 5.74) is 0. The molecule has 0 radical (unpaired) electrons. The highest BCUT2D eigenvalue weighted by molar-refractivity contribution is 7.71. The zero-order valence-corrected chi connectivity index (χ0v) is 9.25. The number of rotatable bonds is 6. The van der Waals surface area contributed by atoms with Gasteiger partial charge >= 0.3 is 0 Å². The van der Waals surface area contributed by atoms with E-state index in [4.69, 9.17) is 17.0 Å². The molecule has 0 aliphatic rings. The Hall–Kier alpha value is -0.790. The molecule has 0 unspecified atom stereocenters. The van der Waals surface area contributed by atoms with Gasteiger partial charge < -0.3 is 9.64 Å². The molecule has 0 fully saturated rings. The van der Waals surface area contributed by atoms with E-state index in [0.717, 1.165) is 13.2 Å². The van der Waals surface area contributed by atoms with Crippen LogP contribution in [0.2, 0.25) is 0 Å². The predicted octanol–water partition coefficient (Wildman–Crippen LogP) is -0.0861. The summed E-state index contributed by atoms with van der Waals surface area (Å²) in [7, 11) is 4.02. The van der Waals surface area contributed by atoms with Crippen LogP contribution in [0.4, 0.5) is 0 Å². The summed E-state index contributed by atoms with van der Waals surface area (Å²) in [6.07, 6.45) is 0. The van der Waals surface area contributed by atoms with Crippen molar-refractivity contribution in [2.45, 2.75) is 6.54 Å². The van der Waals surface area contributed by atoms with Crippen LogP contribution in [0.25, 0.3) is 0 Å². The van der Waals surface area contributed by atoms with Crippen LogP contribution in [0, 0.1) is 4.77 Å². The summed E-state index contributed by atoms with van der Waals surface area (Å²) in [5.74, 6) is 0. The first-order valence-electron chi connectivity index (χ1n) is 4.40. The first-order valence-corrected chi connectivity index (χ1v) is 4.81. The van der Waals surface area contributed by atoms with Crippen LogP contribution < -0.4 is 0 Å². The number of likely N-dealkylation sites (N-methyl/N-ethyl adjacent to an activating group) is 1. The maximum Gasteiger partial charge on any atom is 0.238 e. The molecule has 1 heterocycles. The summed E-state index contributed by atoms with van der Waals surface area (Å²) in [5, 5.41) is 9.89. The number of aromatic nitrogens is 4. The fourth-order valence-corrected chi connectivity index (χ4v) is 1.04. The third-order valence-corrected chi connectivity index (χ3v) is 1.98. The van der Waals surface area contributed by atoms with E-state index in [-0.39, 0.29) is 0 Å². The van der Waals surface area contributed by atoms with Gasteiger partial charge in [-0.15, -0.1) is 0 Å². The molecule has 80 valence electrons. The number of nitrogens with zero attached hydrogens (tertiary/aromatic N) is 4. The molecule has 6 nitrogen and oxygen atoms in total. The molecule has 0 bridgehead atoms. The van der Waals surface area contributed by atoms with Gasteiger partial charge in [0, 0.05) is 6.54 Å². The Morgan fingerprint density at radius 3 is 2.86 bits per heavy atom. The zero-order chi connectivity index (χ0) is 10.4. The summed E-state index contributed by atoms with van der Waals surface area (Å²) >= 11 is 4.90. The van der Waals surface area contributed by atoms with Gasteiger partial charge in [-0.1, -0.05) is 10.3 Å². The maximum absolute atomic E-state index is 5.39. The Labute approximate surface area is 87.8 Å². The van der Waals surface area contributed by atoms with Crippen LogP contribution in [-0.2, 0) is 11.3 Å². The van der Waals surface area contributed by atoms with Gasteiger partial charge in [-0.05, 0) is 26.3 Å². The quantitative estimate of drug-likeness (QED) is 0.533. The summed E-state index contributed by atoms with van der Waals surface area (Å²) in [6.45, 7) is 2.93. The topological polar surface area (TPSA) is 59.0 Å². The summed E-state index contributed by atoms with van der Waals surface area (Å²) < 4.78 is 7.52. The van der Waals surface area contributed by atoms with E-state index in [2.05, 4.69) is 20.4 Å². The molecule has 1 aromatic heterocycles. The molecule has 0 aliphatic heterocycles. The van der Waals surface area contributed by atoms with Gasteiger partial charge in [-0.2, -0.15) is 5.21 Å². The second-order valence-electron chi connectivity index (χ2n) is 3.15. The normalized spacial score (nSPS) is 11.1. The van der Waals surface area contributed by atoms with Crippen molar-refractivity contribution in [1.29, 1.82) is 0 Å². The zero-order valence-electron chi connectivity index (χ0n) is 8.43. The van der Waals surface area contributed by atoms with Gasteiger partial charge in [-0.3, -0.25) is 0 Å². The maximum atomic E-state index is 5.39. The van der Waals surface area contributed by atoms with E-state index in [1.54, 1.807) is 4.68 Å². The molecule has 0 saturated heterocycles. The van der Waals surface area contributed by atoms with Crippen molar-refractivity contribution >= 4 is 12.2 Å². The lowest BCUT2D eigenvalue weighted by Gasteiger charge is -2.09. The van der Waals surface area contributed by atoms with E-state index in [1.807, 2.05) is 14.1 Å². The molecule has 0 aromatic carbocycles. The van der Waals surface area contributed by atoms with E-state index >= 15 is 0 Å². The molecule has 1 N–H and O–H groups in total. The van der Waals surface area contributed by atoms with Crippen molar-refractivity contribution in [2.24, 2.45) is 0 Å². The molecule has 1 aromatic rings. The Morgan fingerprint density at radius 2 is 2.29 bits per heavy atom. The van der Waals surface area contributed by atoms with Crippen molar-refractivity contribution in [3.05, 3.63) is 4.77 Å². The molecular weight excluding hydrogens is 202 g/mol. The fraction of sp³-hybridized carbons (Fsp3) is 0.857. The first kappa shape index (κ1) is 11.3. The average Bonchev–Trinajstić information content (AvgIpc) is 2.51. The van der Waals surface area contributed by atoms with Gasteiger partial charge in [0.15, 0.2) is 0 Å². The minimum atomic E-state index is 0.459. The largest absolute Gasteiger partial charge is 0.378 e. The van der Waals surface area contributed by atoms with Crippen LogP contribution in [0.1, 0.15) is 0 Å². The van der Waals surface area contributed by atoms with E-state index in [0.29, 0.717) is 17.9 Å². The third-order valence-electron chi connectivity index (χ3n) is 1.67. The molecular formula is C7H15N5OS. The minimum absolute atomic E-state index is 0.459. The third kappa shape index (κ3) is 3.95. The molecule has 14 heavy (non-hydrogen) atoms. The standard InChI is InChI=1S/C7H15N5OS/c1-11(2)3-5-13-6-4-12-7(14)8-9-10-12/h3-6H2,1-2H3,(H,8,10,14). The second kappa shape index (κ2) is 5.84. The number of hydrogen-bond donors (Lipinski definition) is 1. The Bertz CT molecular complexity index is 307. The predicted molar refractivity (Wildman–Crippen MR) is 54.6 cm³/mol. The van der Waals surface area contributed by atoms with Crippen LogP contribution in [0.5, 0.6) is 0 Å². The summed E-state index contributed by atoms with van der Waals surface area (Å²) in [6, 6.07) is 0. The number of H-pyrrole nitrogens is 1. The minimum Gasteiger partial charge on any atom is -0.378 e. The van der Waals surface area contributed by atoms with Gasteiger partial charge in [0.05, 0.1) is 19.8 Å². The molecule has 0 amide bonds. The molecule has 0 spiro atoms. The van der Waals surface area contributed by atoms with E-state index in [1.165, 1.54) is 0 Å². The van der Waals surface area contributed by atoms with Gasteiger partial charge in [0.25, 0.3) is 0 Å². The smallest absolute Gasteiger partial charge is 0.238 e. The molecule has 0 atom stereocenters. The van der Waals surface area contributed by atoms with Crippen molar-refractivity contribution < 1.29 is 4.74 Å². The fourth-order valence-electron chi connectivity index (χ4n) is 0.867. The van der Waals surface area contributed by atoms with Crippen molar-refractivity contribution in [3.63, 3.8) is 0 Å². The Kier molecular flexibility index (Phi) is 4.71. The number of nitrogens with one attached hydrogen (secondary N) is 1. The van der Waals surface area contributed by atoms with Crippen molar-refractivity contribution in [2.75, 3.05) is 33.9 Å². The lowest BCUT2D eigenvalue weighted by molar-refractivity contribution is 0.108. The van der Waals surface area contributed by atoms with Crippen LogP contribution in [0.15, 0.2) is 0 Å². The number of hydrogen-bond acceptors (Lipinski definition) is 5. The van der Waals surface area contributed by atoms with Crippen LogP contribution in [-0.4, -0.2) is 59.0 Å². The highest BCUT2D eigenvalue weighted by atomic mass is 32.1. The number of aromatic amines is 1. The molecule has 7 heteroatoms. The second-order valence-corrected chi connectivity index (χ2v) is 3.52. The molecule has 1 rings (SSSR count).